The molecule has 9 aromatic rings. The van der Waals surface area contributed by atoms with Gasteiger partial charge in [0.15, 0.2) is 5.84 Å². The molecule has 1 aliphatic heterocycles. The maximum absolute atomic E-state index is 5.21. The molecule has 0 fully saturated rings. The number of amidine groups is 2. The fourth-order valence-electron chi connectivity index (χ4n) is 8.35. The van der Waals surface area contributed by atoms with E-state index in [9.17, 15) is 0 Å². The van der Waals surface area contributed by atoms with E-state index in [1.165, 1.54) is 75.5 Å². The van der Waals surface area contributed by atoms with Gasteiger partial charge in [0.05, 0.1) is 21.4 Å². The second-order valence-electron chi connectivity index (χ2n) is 14.5. The molecule has 2 aliphatic rings. The van der Waals surface area contributed by atoms with E-state index in [2.05, 4.69) is 186 Å². The van der Waals surface area contributed by atoms with Crippen molar-refractivity contribution in [1.82, 2.24) is 9.88 Å². The Morgan fingerprint density at radius 1 is 0.571 bits per heavy atom. The predicted octanol–water partition coefficient (Wildman–Crippen LogP) is 13.2. The molecule has 0 saturated heterocycles. The second-order valence-corrected chi connectivity index (χ2v) is 15.6. The fraction of sp³-hybridized carbons (Fsp3) is 0.0588. The molecule has 0 spiro atoms. The smallest absolute Gasteiger partial charge is 0.155 e. The molecule has 4 nitrogen and oxygen atoms in total. The van der Waals surface area contributed by atoms with Crippen LogP contribution in [0.3, 0.4) is 0 Å². The molecule has 1 atom stereocenters. The Hall–Kier alpha value is -6.82. The number of allylic oxidation sites excluding steroid dienone is 3. The molecule has 3 heterocycles. The van der Waals surface area contributed by atoms with Crippen LogP contribution in [0.4, 0.5) is 0 Å². The van der Waals surface area contributed by atoms with Crippen LogP contribution >= 0.6 is 11.3 Å². The molecule has 266 valence electrons. The van der Waals surface area contributed by atoms with Gasteiger partial charge >= 0.3 is 0 Å². The van der Waals surface area contributed by atoms with Crippen LogP contribution in [0.2, 0.25) is 0 Å². The van der Waals surface area contributed by atoms with E-state index in [0.717, 1.165) is 35.6 Å². The highest BCUT2D eigenvalue weighted by Crippen LogP contribution is 2.43. The van der Waals surface area contributed by atoms with Crippen LogP contribution in [-0.2, 0) is 0 Å². The Morgan fingerprint density at radius 2 is 1.23 bits per heavy atom. The Bertz CT molecular complexity index is 3000. The number of nitrogens with one attached hydrogen (secondary N) is 1. The lowest BCUT2D eigenvalue weighted by Gasteiger charge is -2.24. The Balaban J connectivity index is 1.07. The average Bonchev–Trinajstić information content (AvgIpc) is 3.82. The Morgan fingerprint density at radius 3 is 1.88 bits per heavy atom. The number of hydrogen-bond donors (Lipinski definition) is 1. The minimum absolute atomic E-state index is 0.256. The van der Waals surface area contributed by atoms with Crippen molar-refractivity contribution in [3.8, 4) is 27.9 Å². The first-order valence-electron chi connectivity index (χ1n) is 19.2. The quantitative estimate of drug-likeness (QED) is 0.181. The summed E-state index contributed by atoms with van der Waals surface area (Å²) in [6.45, 7) is 0. The average molecular weight is 737 g/mol. The summed E-state index contributed by atoms with van der Waals surface area (Å²) in [5.41, 5.74) is 11.8. The third kappa shape index (κ3) is 5.59. The number of aromatic nitrogens is 1. The Kier molecular flexibility index (Phi) is 7.85. The van der Waals surface area contributed by atoms with E-state index in [1.54, 1.807) is 0 Å². The first kappa shape index (κ1) is 32.6. The zero-order valence-electron chi connectivity index (χ0n) is 30.6. The van der Waals surface area contributed by atoms with Crippen LogP contribution in [0.25, 0.3) is 69.9 Å². The van der Waals surface area contributed by atoms with Crippen molar-refractivity contribution in [3.63, 3.8) is 0 Å². The van der Waals surface area contributed by atoms with Crippen LogP contribution < -0.4 is 5.32 Å². The largest absolute Gasteiger partial charge is 0.344 e. The molecular weight excluding hydrogens is 701 g/mol. The van der Waals surface area contributed by atoms with Crippen molar-refractivity contribution in [3.05, 3.63) is 199 Å². The van der Waals surface area contributed by atoms with Crippen LogP contribution in [0.15, 0.2) is 198 Å². The first-order valence-corrected chi connectivity index (χ1v) is 20.1. The highest BCUT2D eigenvalue weighted by Gasteiger charge is 2.24. The summed E-state index contributed by atoms with van der Waals surface area (Å²) in [5.74, 6) is 1.67. The summed E-state index contributed by atoms with van der Waals surface area (Å²) in [7, 11) is 0. The number of hydrogen-bond acceptors (Lipinski definition) is 4. The molecule has 1 unspecified atom stereocenters. The van der Waals surface area contributed by atoms with Gasteiger partial charge in [0.25, 0.3) is 0 Å². The normalized spacial score (nSPS) is 15.6. The SMILES string of the molecule is C1=CCCC(C2=NC(c3ccc4c(c3)sc3c(-n5c6ccc(-c7ccccc7)cc6c6cc(-c7ccccc7)ccc65)cccc34)NC(c3ccccc3)=N2)=C1. The maximum atomic E-state index is 5.21. The molecule has 56 heavy (non-hydrogen) atoms. The highest BCUT2D eigenvalue weighted by atomic mass is 32.1. The number of benzene rings is 7. The van der Waals surface area contributed by atoms with E-state index in [-0.39, 0.29) is 6.17 Å². The highest BCUT2D eigenvalue weighted by molar-refractivity contribution is 7.26. The van der Waals surface area contributed by atoms with Crippen molar-refractivity contribution in [2.24, 2.45) is 9.98 Å². The molecule has 0 radical (unpaired) electrons. The summed E-state index contributed by atoms with van der Waals surface area (Å²) >= 11 is 1.86. The number of rotatable bonds is 6. The topological polar surface area (TPSA) is 41.7 Å². The van der Waals surface area contributed by atoms with Gasteiger partial charge in [-0.05, 0) is 82.6 Å². The fourth-order valence-corrected chi connectivity index (χ4v) is 9.60. The molecule has 5 heteroatoms. The maximum Gasteiger partial charge on any atom is 0.155 e. The zero-order valence-corrected chi connectivity index (χ0v) is 31.4. The molecule has 2 aromatic heterocycles. The Labute approximate surface area is 329 Å². The molecule has 0 bridgehead atoms. The van der Waals surface area contributed by atoms with Gasteiger partial charge in [0.2, 0.25) is 0 Å². The van der Waals surface area contributed by atoms with Crippen molar-refractivity contribution in [1.29, 1.82) is 0 Å². The van der Waals surface area contributed by atoms with Crippen molar-refractivity contribution >= 4 is 65.0 Å². The standard InChI is InChI=1S/C51H36N4S/c1-5-14-33(15-6-1)37-25-28-44-42(30-37)43-31-38(34-16-7-2-8-17-34)26-29-45(43)55(44)46-23-13-22-41-40-27-24-39(32-47(40)56-48(41)46)51-53-49(35-18-9-3-10-19-35)52-50(54-51)36-20-11-4-12-21-36/h1-11,13-20,22-32,51H,12,21H2,(H,52,53,54). The lowest BCUT2D eigenvalue weighted by atomic mass is 10.0. The molecule has 0 amide bonds. The van der Waals surface area contributed by atoms with Crippen molar-refractivity contribution in [2.45, 2.75) is 19.0 Å². The summed E-state index contributed by atoms with van der Waals surface area (Å²) < 4.78 is 4.98. The summed E-state index contributed by atoms with van der Waals surface area (Å²) in [5, 5.41) is 8.69. The van der Waals surface area contributed by atoms with Gasteiger partial charge in [0, 0.05) is 31.8 Å². The predicted molar refractivity (Wildman–Crippen MR) is 237 cm³/mol. The first-order chi connectivity index (χ1) is 27.7. The van der Waals surface area contributed by atoms with Gasteiger partial charge in [-0.25, -0.2) is 9.98 Å². The van der Waals surface area contributed by atoms with Gasteiger partial charge in [-0.2, -0.15) is 0 Å². The minimum atomic E-state index is -0.256. The molecule has 1 N–H and O–H groups in total. The van der Waals surface area contributed by atoms with Gasteiger partial charge < -0.3 is 9.88 Å². The van der Waals surface area contributed by atoms with Crippen LogP contribution in [0.1, 0.15) is 30.1 Å². The van der Waals surface area contributed by atoms with Crippen molar-refractivity contribution < 1.29 is 0 Å². The van der Waals surface area contributed by atoms with E-state index in [1.807, 2.05) is 17.4 Å². The number of fused-ring (bicyclic) bond motifs is 6. The zero-order chi connectivity index (χ0) is 37.0. The second kappa shape index (κ2) is 13.5. The summed E-state index contributed by atoms with van der Waals surface area (Å²) in [4.78, 5) is 10.2. The lowest BCUT2D eigenvalue weighted by Crippen LogP contribution is -2.33. The van der Waals surface area contributed by atoms with Gasteiger partial charge in [0.1, 0.15) is 12.0 Å². The van der Waals surface area contributed by atoms with Gasteiger partial charge in [-0.15, -0.1) is 11.3 Å². The third-order valence-corrected chi connectivity index (χ3v) is 12.3. The number of thiophene rings is 1. The molecular formula is C51H36N4S. The third-order valence-electron chi connectivity index (χ3n) is 11.1. The number of nitrogens with zero attached hydrogens (tertiary/aromatic N) is 3. The number of aliphatic imine (C=N–C) groups is 2. The van der Waals surface area contributed by atoms with Crippen LogP contribution in [0.5, 0.6) is 0 Å². The summed E-state index contributed by atoms with van der Waals surface area (Å²) in [6, 6.07) is 59.2. The van der Waals surface area contributed by atoms with E-state index in [4.69, 9.17) is 9.98 Å². The molecule has 7 aromatic carbocycles. The molecule has 0 saturated carbocycles. The van der Waals surface area contributed by atoms with Gasteiger partial charge in [-0.3, -0.25) is 0 Å². The van der Waals surface area contributed by atoms with E-state index < -0.39 is 0 Å². The molecule has 11 rings (SSSR count). The van der Waals surface area contributed by atoms with Gasteiger partial charge in [-0.1, -0.05) is 146 Å². The van der Waals surface area contributed by atoms with E-state index >= 15 is 0 Å². The lowest BCUT2D eigenvalue weighted by molar-refractivity contribution is 0.673. The van der Waals surface area contributed by atoms with E-state index in [0.29, 0.717) is 0 Å². The summed E-state index contributed by atoms with van der Waals surface area (Å²) in [6.07, 6.45) is 8.18. The van der Waals surface area contributed by atoms with Crippen molar-refractivity contribution in [2.75, 3.05) is 0 Å². The minimum Gasteiger partial charge on any atom is -0.344 e. The van der Waals surface area contributed by atoms with Crippen LogP contribution in [-0.4, -0.2) is 16.2 Å². The molecule has 1 aliphatic carbocycles. The van der Waals surface area contributed by atoms with Crippen LogP contribution in [0, 0.1) is 0 Å². The monoisotopic (exact) mass is 736 g/mol.